The smallest absolute Gasteiger partial charge is 0.269 e. The number of fused-ring (bicyclic) bond motifs is 1. The van der Waals surface area contributed by atoms with E-state index in [9.17, 15) is 18.5 Å². The molecule has 2 unspecified atom stereocenters. The highest BCUT2D eigenvalue weighted by Gasteiger charge is 2.37. The first kappa shape index (κ1) is 15.4. The Hall–Kier alpha value is -1.51. The van der Waals surface area contributed by atoms with Gasteiger partial charge in [-0.25, -0.2) is 12.7 Å². The topological polar surface area (TPSA) is 92.5 Å². The Morgan fingerprint density at radius 2 is 1.91 bits per heavy atom. The van der Waals surface area contributed by atoms with E-state index in [1.807, 2.05) is 0 Å². The number of nitro groups is 1. The Kier molecular flexibility index (Phi) is 4.16. The van der Waals surface area contributed by atoms with E-state index in [-0.39, 0.29) is 11.4 Å². The second-order valence-electron chi connectivity index (χ2n) is 6.00. The molecule has 0 aliphatic carbocycles. The van der Waals surface area contributed by atoms with Gasteiger partial charge in [0.2, 0.25) is 10.0 Å². The molecule has 120 valence electrons. The summed E-state index contributed by atoms with van der Waals surface area (Å²) in [6.45, 7) is 3.01. The van der Waals surface area contributed by atoms with Crippen LogP contribution in [0.4, 0.5) is 5.69 Å². The molecule has 8 heteroatoms. The zero-order chi connectivity index (χ0) is 15.7. The van der Waals surface area contributed by atoms with Gasteiger partial charge in [-0.2, -0.15) is 0 Å². The van der Waals surface area contributed by atoms with E-state index in [1.54, 1.807) is 4.31 Å². The quantitative estimate of drug-likeness (QED) is 0.657. The summed E-state index contributed by atoms with van der Waals surface area (Å²) in [6, 6.07) is 5.72. The second-order valence-corrected chi connectivity index (χ2v) is 7.97. The van der Waals surface area contributed by atoms with Gasteiger partial charge in [-0.1, -0.05) is 12.1 Å². The fraction of sp³-hybridized carbons (Fsp3) is 0.571. The van der Waals surface area contributed by atoms with Crippen LogP contribution in [-0.4, -0.2) is 43.8 Å². The molecule has 22 heavy (non-hydrogen) atoms. The molecule has 2 saturated heterocycles. The van der Waals surface area contributed by atoms with Crippen molar-refractivity contribution < 1.29 is 13.3 Å². The third-order valence-corrected chi connectivity index (χ3v) is 6.37. The summed E-state index contributed by atoms with van der Waals surface area (Å²) in [5, 5.41) is 13.9. The molecule has 2 fully saturated rings. The van der Waals surface area contributed by atoms with Crippen molar-refractivity contribution >= 4 is 15.7 Å². The van der Waals surface area contributed by atoms with Crippen LogP contribution in [-0.2, 0) is 15.8 Å². The van der Waals surface area contributed by atoms with Crippen LogP contribution in [0.3, 0.4) is 0 Å². The van der Waals surface area contributed by atoms with Crippen LogP contribution in [0, 0.1) is 22.0 Å². The van der Waals surface area contributed by atoms with Gasteiger partial charge in [-0.05, 0) is 36.9 Å². The van der Waals surface area contributed by atoms with Gasteiger partial charge >= 0.3 is 0 Å². The lowest BCUT2D eigenvalue weighted by molar-refractivity contribution is -0.384. The van der Waals surface area contributed by atoms with Crippen molar-refractivity contribution in [3.05, 3.63) is 39.9 Å². The fourth-order valence-electron chi connectivity index (χ4n) is 3.27. The van der Waals surface area contributed by atoms with Crippen LogP contribution >= 0.6 is 0 Å². The molecule has 0 spiro atoms. The molecule has 0 radical (unpaired) electrons. The zero-order valence-corrected chi connectivity index (χ0v) is 13.0. The van der Waals surface area contributed by atoms with Crippen molar-refractivity contribution in [1.29, 1.82) is 0 Å². The van der Waals surface area contributed by atoms with E-state index in [0.717, 1.165) is 19.5 Å². The predicted octanol–water partition coefficient (Wildman–Crippen LogP) is 0.966. The minimum absolute atomic E-state index is 0.0287. The van der Waals surface area contributed by atoms with Crippen molar-refractivity contribution in [3.8, 4) is 0 Å². The number of non-ortho nitro benzene ring substituents is 1. The molecule has 2 aliphatic heterocycles. The lowest BCUT2D eigenvalue weighted by atomic mass is 9.90. The average molecular weight is 325 g/mol. The van der Waals surface area contributed by atoms with Crippen LogP contribution in [0.25, 0.3) is 0 Å². The Bertz CT molecular complexity index is 659. The van der Waals surface area contributed by atoms with E-state index in [1.165, 1.54) is 24.3 Å². The molecule has 1 aromatic rings. The van der Waals surface area contributed by atoms with Gasteiger partial charge in [0.05, 0.1) is 10.7 Å². The largest absolute Gasteiger partial charge is 0.316 e. The number of sulfonamides is 1. The molecule has 2 heterocycles. The Morgan fingerprint density at radius 1 is 1.23 bits per heavy atom. The van der Waals surface area contributed by atoms with Crippen LogP contribution in [0.1, 0.15) is 12.0 Å². The number of nitro benzene ring substituents is 1. The average Bonchev–Trinajstić information content (AvgIpc) is 2.94. The van der Waals surface area contributed by atoms with E-state index in [2.05, 4.69) is 5.32 Å². The highest BCUT2D eigenvalue weighted by atomic mass is 32.2. The summed E-state index contributed by atoms with van der Waals surface area (Å²) in [7, 11) is -3.37. The van der Waals surface area contributed by atoms with E-state index < -0.39 is 14.9 Å². The third-order valence-electron chi connectivity index (χ3n) is 4.56. The summed E-state index contributed by atoms with van der Waals surface area (Å²) in [6.07, 6.45) is 0.900. The van der Waals surface area contributed by atoms with Crippen molar-refractivity contribution in [2.75, 3.05) is 26.2 Å². The number of nitrogens with zero attached hydrogens (tertiary/aromatic N) is 2. The second kappa shape index (κ2) is 5.94. The molecule has 3 rings (SSSR count). The van der Waals surface area contributed by atoms with Crippen molar-refractivity contribution in [1.82, 2.24) is 9.62 Å². The molecule has 2 aliphatic rings. The van der Waals surface area contributed by atoms with Crippen LogP contribution in [0.2, 0.25) is 0 Å². The summed E-state index contributed by atoms with van der Waals surface area (Å²) in [5.74, 6) is 0.890. The summed E-state index contributed by atoms with van der Waals surface area (Å²) in [5.41, 5.74) is 0.552. The van der Waals surface area contributed by atoms with Gasteiger partial charge in [0.15, 0.2) is 0 Å². The number of nitrogens with one attached hydrogen (secondary N) is 1. The fourth-order valence-corrected chi connectivity index (χ4v) is 4.87. The monoisotopic (exact) mass is 325 g/mol. The zero-order valence-electron chi connectivity index (χ0n) is 12.1. The first-order valence-electron chi connectivity index (χ1n) is 7.37. The lowest BCUT2D eigenvalue weighted by Gasteiger charge is -2.33. The highest BCUT2D eigenvalue weighted by molar-refractivity contribution is 7.88. The first-order chi connectivity index (χ1) is 10.5. The Balaban J connectivity index is 1.69. The SMILES string of the molecule is O=[N+]([O-])c1ccc(CS(=O)(=O)N2CCC3CNCC3C2)cc1. The van der Waals surface area contributed by atoms with Crippen molar-refractivity contribution in [2.24, 2.45) is 11.8 Å². The molecule has 7 nitrogen and oxygen atoms in total. The van der Waals surface area contributed by atoms with Gasteiger partial charge in [0, 0.05) is 25.2 Å². The molecule has 0 bridgehead atoms. The molecule has 1 aromatic carbocycles. The number of hydrogen-bond acceptors (Lipinski definition) is 5. The Morgan fingerprint density at radius 3 is 2.59 bits per heavy atom. The summed E-state index contributed by atoms with van der Waals surface area (Å²) >= 11 is 0. The maximum atomic E-state index is 12.5. The van der Waals surface area contributed by atoms with Crippen molar-refractivity contribution in [3.63, 3.8) is 0 Å². The van der Waals surface area contributed by atoms with Gasteiger partial charge in [0.1, 0.15) is 0 Å². The molecule has 1 N–H and O–H groups in total. The van der Waals surface area contributed by atoms with Crippen LogP contribution in [0.15, 0.2) is 24.3 Å². The first-order valence-corrected chi connectivity index (χ1v) is 8.98. The maximum absolute atomic E-state index is 12.5. The highest BCUT2D eigenvalue weighted by Crippen LogP contribution is 2.29. The minimum atomic E-state index is -3.37. The van der Waals surface area contributed by atoms with Gasteiger partial charge in [-0.3, -0.25) is 10.1 Å². The summed E-state index contributed by atoms with van der Waals surface area (Å²) < 4.78 is 26.6. The van der Waals surface area contributed by atoms with Crippen LogP contribution in [0.5, 0.6) is 0 Å². The number of hydrogen-bond donors (Lipinski definition) is 1. The Labute approximate surface area is 129 Å². The molecular formula is C14H19N3O4S. The summed E-state index contributed by atoms with van der Waals surface area (Å²) in [4.78, 5) is 10.1. The normalized spacial score (nSPS) is 25.8. The standard InChI is InChI=1S/C14H19N3O4S/c18-17(19)14-3-1-11(2-4-14)10-22(20,21)16-6-5-12-7-15-8-13(12)9-16/h1-4,12-13,15H,5-10H2. The molecule has 2 atom stereocenters. The maximum Gasteiger partial charge on any atom is 0.269 e. The van der Waals surface area contributed by atoms with Gasteiger partial charge in [-0.15, -0.1) is 0 Å². The van der Waals surface area contributed by atoms with Crippen LogP contribution < -0.4 is 5.32 Å². The molecule has 0 amide bonds. The third kappa shape index (κ3) is 3.13. The number of benzene rings is 1. The van der Waals surface area contributed by atoms with E-state index in [0.29, 0.717) is 30.5 Å². The van der Waals surface area contributed by atoms with Crippen molar-refractivity contribution in [2.45, 2.75) is 12.2 Å². The molecular weight excluding hydrogens is 306 g/mol. The minimum Gasteiger partial charge on any atom is -0.316 e. The molecule has 0 saturated carbocycles. The van der Waals surface area contributed by atoms with Gasteiger partial charge < -0.3 is 5.32 Å². The predicted molar refractivity (Wildman–Crippen MR) is 81.8 cm³/mol. The molecule has 0 aromatic heterocycles. The van der Waals surface area contributed by atoms with Gasteiger partial charge in [0.25, 0.3) is 5.69 Å². The number of piperidine rings is 1. The van der Waals surface area contributed by atoms with E-state index in [4.69, 9.17) is 0 Å². The number of rotatable bonds is 4. The lowest BCUT2D eigenvalue weighted by Crippen LogP contribution is -2.43. The van der Waals surface area contributed by atoms with E-state index >= 15 is 0 Å².